The number of nitrogens with one attached hydrogen (secondary N) is 1. The zero-order chi connectivity index (χ0) is 14.1. The highest BCUT2D eigenvalue weighted by Crippen LogP contribution is 2.00. The van der Waals surface area contributed by atoms with Gasteiger partial charge in [-0.2, -0.15) is 0 Å². The molecule has 0 aliphatic heterocycles. The molecule has 8 nitrogen and oxygen atoms in total. The van der Waals surface area contributed by atoms with Gasteiger partial charge in [0.15, 0.2) is 0 Å². The molecule has 0 heterocycles. The molecule has 0 aliphatic rings. The summed E-state index contributed by atoms with van der Waals surface area (Å²) in [4.78, 5) is 32.6. The van der Waals surface area contributed by atoms with E-state index in [4.69, 9.17) is 21.7 Å². The van der Waals surface area contributed by atoms with E-state index < -0.39 is 36.4 Å². The second-order valence-electron chi connectivity index (χ2n) is 3.89. The van der Waals surface area contributed by atoms with Crippen LogP contribution < -0.4 is 16.8 Å². The molecule has 0 unspecified atom stereocenters. The third-order valence-electron chi connectivity index (χ3n) is 2.30. The Bertz CT molecular complexity index is 308. The lowest BCUT2D eigenvalue weighted by Gasteiger charge is -2.16. The fraction of sp³-hybridized carbons (Fsp3) is 0.700. The Balaban J connectivity index is 4.23. The number of hydrogen-bond donors (Lipinski definition) is 5. The number of carbonyl (C=O) groups excluding carboxylic acids is 1. The average molecular weight is 261 g/mol. The first kappa shape index (κ1) is 16.3. The number of rotatable bonds is 9. The van der Waals surface area contributed by atoms with Crippen LogP contribution in [0.2, 0.25) is 0 Å². The summed E-state index contributed by atoms with van der Waals surface area (Å²) in [5, 5.41) is 19.3. The number of hydrogen-bond acceptors (Lipinski definition) is 5. The van der Waals surface area contributed by atoms with Gasteiger partial charge in [0.2, 0.25) is 5.91 Å². The largest absolute Gasteiger partial charge is 0.481 e. The molecule has 2 atom stereocenters. The quantitative estimate of drug-likeness (QED) is 0.316. The average Bonchev–Trinajstić information content (AvgIpc) is 2.27. The molecule has 0 aliphatic carbocycles. The normalized spacial score (nSPS) is 13.7. The van der Waals surface area contributed by atoms with E-state index in [0.717, 1.165) is 6.42 Å². The molecule has 7 N–H and O–H groups in total. The molecule has 104 valence electrons. The molecule has 0 rings (SSSR count). The minimum absolute atomic E-state index is 0.377. The van der Waals surface area contributed by atoms with Gasteiger partial charge in [-0.3, -0.25) is 9.59 Å². The summed E-state index contributed by atoms with van der Waals surface area (Å²) in [5.41, 5.74) is 10.8. The molecule has 0 fully saturated rings. The van der Waals surface area contributed by atoms with Crippen LogP contribution in [0.5, 0.6) is 0 Å². The maximum atomic E-state index is 11.5. The lowest BCUT2D eigenvalue weighted by atomic mass is 10.1. The fourth-order valence-electron chi connectivity index (χ4n) is 1.29. The van der Waals surface area contributed by atoms with Crippen LogP contribution in [-0.2, 0) is 14.4 Å². The maximum absolute atomic E-state index is 11.5. The Morgan fingerprint density at radius 2 is 1.78 bits per heavy atom. The van der Waals surface area contributed by atoms with Crippen molar-refractivity contribution in [2.75, 3.05) is 6.54 Å². The van der Waals surface area contributed by atoms with Crippen LogP contribution in [0.4, 0.5) is 0 Å². The Labute approximate surface area is 104 Å². The zero-order valence-corrected chi connectivity index (χ0v) is 9.96. The van der Waals surface area contributed by atoms with Crippen LogP contribution in [0.15, 0.2) is 0 Å². The molecule has 8 heteroatoms. The molecule has 0 bridgehead atoms. The molecular formula is C10H19N3O5. The molecule has 0 saturated carbocycles. The van der Waals surface area contributed by atoms with Crippen LogP contribution >= 0.6 is 0 Å². The summed E-state index contributed by atoms with van der Waals surface area (Å²) in [5.74, 6) is -3.38. The first-order valence-corrected chi connectivity index (χ1v) is 5.59. The highest BCUT2D eigenvalue weighted by molar-refractivity contribution is 5.88. The molecule has 0 aromatic heterocycles. The minimum atomic E-state index is -1.46. The van der Waals surface area contributed by atoms with Crippen LogP contribution in [0.3, 0.4) is 0 Å². The number of unbranched alkanes of at least 4 members (excludes halogenated alkanes) is 1. The smallest absolute Gasteiger partial charge is 0.326 e. The van der Waals surface area contributed by atoms with E-state index in [1.165, 1.54) is 0 Å². The number of carbonyl (C=O) groups is 3. The molecule has 0 saturated heterocycles. The van der Waals surface area contributed by atoms with Gasteiger partial charge in [-0.05, 0) is 19.4 Å². The minimum Gasteiger partial charge on any atom is -0.481 e. The molecule has 0 aromatic carbocycles. The van der Waals surface area contributed by atoms with E-state index in [1.807, 2.05) is 0 Å². The van der Waals surface area contributed by atoms with Crippen molar-refractivity contribution < 1.29 is 24.6 Å². The van der Waals surface area contributed by atoms with Crippen molar-refractivity contribution in [2.24, 2.45) is 11.5 Å². The van der Waals surface area contributed by atoms with E-state index in [0.29, 0.717) is 19.4 Å². The second-order valence-corrected chi connectivity index (χ2v) is 3.89. The Hall–Kier alpha value is -1.67. The van der Waals surface area contributed by atoms with E-state index in [-0.39, 0.29) is 0 Å². The van der Waals surface area contributed by atoms with Gasteiger partial charge in [-0.25, -0.2) is 4.79 Å². The lowest BCUT2D eigenvalue weighted by Crippen LogP contribution is -2.49. The Kier molecular flexibility index (Phi) is 7.64. The summed E-state index contributed by atoms with van der Waals surface area (Å²) in [6.45, 7) is 0.491. The SMILES string of the molecule is NCCCC[C@@H](N)C(=O)N[C@@H](CC(=O)O)C(=O)O. The third kappa shape index (κ3) is 6.81. The summed E-state index contributed by atoms with van der Waals surface area (Å²) in [7, 11) is 0. The van der Waals surface area contributed by atoms with E-state index in [1.54, 1.807) is 0 Å². The lowest BCUT2D eigenvalue weighted by molar-refractivity contribution is -0.147. The highest BCUT2D eigenvalue weighted by atomic mass is 16.4. The molecule has 18 heavy (non-hydrogen) atoms. The molecule has 0 radical (unpaired) electrons. The number of carboxylic acids is 2. The Morgan fingerprint density at radius 1 is 1.17 bits per heavy atom. The van der Waals surface area contributed by atoms with Gasteiger partial charge in [0.25, 0.3) is 0 Å². The topological polar surface area (TPSA) is 156 Å². The fourth-order valence-corrected chi connectivity index (χ4v) is 1.29. The molecule has 0 aromatic rings. The van der Waals surface area contributed by atoms with Crippen molar-refractivity contribution in [1.82, 2.24) is 5.32 Å². The summed E-state index contributed by atoms with van der Waals surface area (Å²) in [6, 6.07) is -2.32. The van der Waals surface area contributed by atoms with Gasteiger partial charge >= 0.3 is 11.9 Å². The standard InChI is InChI=1S/C10H19N3O5/c11-4-2-1-3-6(12)9(16)13-7(10(17)18)5-8(14)15/h6-7H,1-5,11-12H2,(H,13,16)(H,14,15)(H,17,18)/t6-,7+/m1/s1. The van der Waals surface area contributed by atoms with E-state index in [2.05, 4.69) is 5.32 Å². The molecular weight excluding hydrogens is 242 g/mol. The predicted octanol–water partition coefficient (Wildman–Crippen LogP) is -1.51. The van der Waals surface area contributed by atoms with Gasteiger partial charge in [0, 0.05) is 0 Å². The van der Waals surface area contributed by atoms with Crippen molar-refractivity contribution in [3.8, 4) is 0 Å². The summed E-state index contributed by atoms with van der Waals surface area (Å²) < 4.78 is 0. The van der Waals surface area contributed by atoms with Gasteiger partial charge in [-0.15, -0.1) is 0 Å². The highest BCUT2D eigenvalue weighted by Gasteiger charge is 2.25. The van der Waals surface area contributed by atoms with Crippen molar-refractivity contribution in [3.63, 3.8) is 0 Å². The maximum Gasteiger partial charge on any atom is 0.326 e. The Morgan fingerprint density at radius 3 is 2.22 bits per heavy atom. The molecule has 0 spiro atoms. The second kappa shape index (κ2) is 8.43. The monoisotopic (exact) mass is 261 g/mol. The van der Waals surface area contributed by atoms with Gasteiger partial charge in [0.1, 0.15) is 6.04 Å². The predicted molar refractivity (Wildman–Crippen MR) is 62.7 cm³/mol. The van der Waals surface area contributed by atoms with Crippen LogP contribution in [-0.4, -0.2) is 46.7 Å². The van der Waals surface area contributed by atoms with Crippen molar-refractivity contribution >= 4 is 17.8 Å². The van der Waals surface area contributed by atoms with E-state index in [9.17, 15) is 14.4 Å². The van der Waals surface area contributed by atoms with Gasteiger partial charge in [0.05, 0.1) is 12.5 Å². The first-order chi connectivity index (χ1) is 8.38. The third-order valence-corrected chi connectivity index (χ3v) is 2.30. The zero-order valence-electron chi connectivity index (χ0n) is 9.96. The van der Waals surface area contributed by atoms with E-state index >= 15 is 0 Å². The van der Waals surface area contributed by atoms with Gasteiger partial charge < -0.3 is 27.0 Å². The van der Waals surface area contributed by atoms with Crippen molar-refractivity contribution in [1.29, 1.82) is 0 Å². The van der Waals surface area contributed by atoms with Crippen LogP contribution in [0, 0.1) is 0 Å². The van der Waals surface area contributed by atoms with Crippen LogP contribution in [0.1, 0.15) is 25.7 Å². The first-order valence-electron chi connectivity index (χ1n) is 5.59. The summed E-state index contributed by atoms with van der Waals surface area (Å²) >= 11 is 0. The van der Waals surface area contributed by atoms with Gasteiger partial charge in [-0.1, -0.05) is 6.42 Å². The summed E-state index contributed by atoms with van der Waals surface area (Å²) in [6.07, 6.45) is 1.07. The number of amides is 1. The number of aliphatic carboxylic acids is 2. The van der Waals surface area contributed by atoms with Crippen molar-refractivity contribution in [3.05, 3.63) is 0 Å². The van der Waals surface area contributed by atoms with Crippen molar-refractivity contribution in [2.45, 2.75) is 37.8 Å². The van der Waals surface area contributed by atoms with Crippen LogP contribution in [0.25, 0.3) is 0 Å². The molecule has 1 amide bonds. The number of nitrogens with two attached hydrogens (primary N) is 2. The number of carboxylic acid groups (broad SMARTS) is 2.